The van der Waals surface area contributed by atoms with Crippen LogP contribution < -0.4 is 10.9 Å². The van der Waals surface area contributed by atoms with Crippen LogP contribution in [0.3, 0.4) is 0 Å². The minimum absolute atomic E-state index is 0.0729. The third kappa shape index (κ3) is 3.89. The van der Waals surface area contributed by atoms with Gasteiger partial charge in [0.25, 0.3) is 17.5 Å². The average Bonchev–Trinajstić information content (AvgIpc) is 2.52. The number of carbonyl (C=O) groups excluding carboxylic acids is 2. The number of hydrazine groups is 1. The van der Waals surface area contributed by atoms with Crippen molar-refractivity contribution in [3.8, 4) is 0 Å². The highest BCUT2D eigenvalue weighted by Gasteiger charge is 2.12. The molecule has 2 rings (SSSR count). The summed E-state index contributed by atoms with van der Waals surface area (Å²) in [6.07, 6.45) is 0. The van der Waals surface area contributed by atoms with E-state index in [9.17, 15) is 19.7 Å². The first kappa shape index (κ1) is 15.6. The van der Waals surface area contributed by atoms with Crippen molar-refractivity contribution in [3.63, 3.8) is 0 Å². The first-order valence-corrected chi connectivity index (χ1v) is 6.87. The number of carbonyl (C=O) groups is 2. The monoisotopic (exact) mass is 363 g/mol. The van der Waals surface area contributed by atoms with Gasteiger partial charge in [0.05, 0.1) is 4.92 Å². The van der Waals surface area contributed by atoms with E-state index < -0.39 is 16.7 Å². The molecule has 0 unspecified atom stereocenters. The van der Waals surface area contributed by atoms with Gasteiger partial charge in [-0.3, -0.25) is 30.6 Å². The molecule has 0 aliphatic carbocycles. The summed E-state index contributed by atoms with van der Waals surface area (Å²) in [4.78, 5) is 33.8. The topological polar surface area (TPSA) is 101 Å². The molecule has 0 aliphatic rings. The number of halogens is 1. The maximum Gasteiger partial charge on any atom is 0.270 e. The number of nitrogens with zero attached hydrogens (tertiary/aromatic N) is 1. The van der Waals surface area contributed by atoms with Gasteiger partial charge in [0.15, 0.2) is 0 Å². The number of hydrogen-bond acceptors (Lipinski definition) is 4. The van der Waals surface area contributed by atoms with Crippen molar-refractivity contribution in [2.75, 3.05) is 0 Å². The number of amides is 2. The molecule has 0 saturated carbocycles. The molecule has 2 aromatic carbocycles. The molecule has 0 aromatic heterocycles. The van der Waals surface area contributed by atoms with E-state index in [2.05, 4.69) is 26.8 Å². The Bertz CT molecular complexity index is 748. The number of nitro groups is 1. The van der Waals surface area contributed by atoms with Gasteiger partial charge in [-0.2, -0.15) is 0 Å². The molecule has 2 amide bonds. The van der Waals surface area contributed by atoms with Crippen LogP contribution in [-0.2, 0) is 0 Å². The first-order valence-electron chi connectivity index (χ1n) is 6.08. The number of benzene rings is 2. The van der Waals surface area contributed by atoms with E-state index in [1.165, 1.54) is 18.2 Å². The van der Waals surface area contributed by atoms with Gasteiger partial charge in [0.2, 0.25) is 0 Å². The normalized spacial score (nSPS) is 9.86. The second-order valence-corrected chi connectivity index (χ2v) is 5.14. The Morgan fingerprint density at radius 2 is 1.50 bits per heavy atom. The lowest BCUT2D eigenvalue weighted by molar-refractivity contribution is -0.384. The SMILES string of the molecule is O=C(NNC(=O)c1cccc([N+](=O)[O-])c1)c1cccc(Br)c1. The van der Waals surface area contributed by atoms with Crippen LogP contribution in [0, 0.1) is 10.1 Å². The van der Waals surface area contributed by atoms with E-state index in [4.69, 9.17) is 0 Å². The Hall–Kier alpha value is -2.74. The van der Waals surface area contributed by atoms with Gasteiger partial charge in [-0.1, -0.05) is 28.1 Å². The number of rotatable bonds is 3. The summed E-state index contributed by atoms with van der Waals surface area (Å²) in [5, 5.41) is 10.7. The maximum absolute atomic E-state index is 11.9. The second kappa shape index (κ2) is 6.81. The van der Waals surface area contributed by atoms with Crippen LogP contribution in [0.15, 0.2) is 53.0 Å². The molecule has 0 heterocycles. The molecule has 0 atom stereocenters. The molecule has 22 heavy (non-hydrogen) atoms. The predicted molar refractivity (Wildman–Crippen MR) is 82.2 cm³/mol. The lowest BCUT2D eigenvalue weighted by Gasteiger charge is -2.07. The standard InChI is InChI=1S/C14H10BrN3O4/c15-11-5-1-3-9(7-11)13(19)16-17-14(20)10-4-2-6-12(8-10)18(21)22/h1-8H,(H,16,19)(H,17,20). The smallest absolute Gasteiger partial charge is 0.267 e. The van der Waals surface area contributed by atoms with Crippen molar-refractivity contribution < 1.29 is 14.5 Å². The third-order valence-electron chi connectivity index (χ3n) is 2.70. The molecule has 2 N–H and O–H groups in total. The van der Waals surface area contributed by atoms with Gasteiger partial charge in [0, 0.05) is 27.7 Å². The molecule has 0 fully saturated rings. The summed E-state index contributed by atoms with van der Waals surface area (Å²) < 4.78 is 0.727. The highest BCUT2D eigenvalue weighted by molar-refractivity contribution is 9.10. The number of nitro benzene ring substituents is 1. The van der Waals surface area contributed by atoms with Crippen LogP contribution >= 0.6 is 15.9 Å². The molecule has 0 radical (unpaired) electrons. The zero-order valence-electron chi connectivity index (χ0n) is 11.1. The fourth-order valence-corrected chi connectivity index (χ4v) is 2.05. The van der Waals surface area contributed by atoms with E-state index in [0.29, 0.717) is 5.56 Å². The van der Waals surface area contributed by atoms with Crippen molar-refractivity contribution in [2.45, 2.75) is 0 Å². The van der Waals surface area contributed by atoms with Crippen molar-refractivity contribution in [1.29, 1.82) is 0 Å². The van der Waals surface area contributed by atoms with Gasteiger partial charge in [-0.25, -0.2) is 0 Å². The lowest BCUT2D eigenvalue weighted by atomic mass is 10.2. The van der Waals surface area contributed by atoms with Crippen molar-refractivity contribution in [3.05, 3.63) is 74.2 Å². The lowest BCUT2D eigenvalue weighted by Crippen LogP contribution is -2.41. The van der Waals surface area contributed by atoms with Crippen LogP contribution in [-0.4, -0.2) is 16.7 Å². The van der Waals surface area contributed by atoms with Crippen LogP contribution in [0.4, 0.5) is 5.69 Å². The Morgan fingerprint density at radius 1 is 0.955 bits per heavy atom. The number of hydrogen-bond donors (Lipinski definition) is 2. The fraction of sp³-hybridized carbons (Fsp3) is 0. The first-order chi connectivity index (χ1) is 10.5. The average molecular weight is 364 g/mol. The highest BCUT2D eigenvalue weighted by Crippen LogP contribution is 2.13. The zero-order chi connectivity index (χ0) is 16.1. The van der Waals surface area contributed by atoms with Gasteiger partial charge in [0.1, 0.15) is 0 Å². The quantitative estimate of drug-likeness (QED) is 0.645. The fourth-order valence-electron chi connectivity index (χ4n) is 1.65. The Kier molecular flexibility index (Phi) is 4.84. The minimum Gasteiger partial charge on any atom is -0.267 e. The van der Waals surface area contributed by atoms with E-state index in [1.807, 2.05) is 0 Å². The molecular formula is C14H10BrN3O4. The molecule has 0 saturated heterocycles. The molecule has 0 aliphatic heterocycles. The van der Waals surface area contributed by atoms with Crippen LogP contribution in [0.5, 0.6) is 0 Å². The molecule has 8 heteroatoms. The Morgan fingerprint density at radius 3 is 2.05 bits per heavy atom. The molecule has 2 aromatic rings. The Balaban J connectivity index is 2.02. The molecule has 0 spiro atoms. The highest BCUT2D eigenvalue weighted by atomic mass is 79.9. The largest absolute Gasteiger partial charge is 0.270 e. The van der Waals surface area contributed by atoms with Gasteiger partial charge < -0.3 is 0 Å². The maximum atomic E-state index is 11.9. The second-order valence-electron chi connectivity index (χ2n) is 4.23. The molecule has 0 bridgehead atoms. The summed E-state index contributed by atoms with van der Waals surface area (Å²) in [5.74, 6) is -1.15. The van der Waals surface area contributed by atoms with E-state index in [1.54, 1.807) is 24.3 Å². The van der Waals surface area contributed by atoms with Crippen molar-refractivity contribution in [2.24, 2.45) is 0 Å². The number of non-ortho nitro benzene ring substituents is 1. The van der Waals surface area contributed by atoms with Gasteiger partial charge >= 0.3 is 0 Å². The van der Waals surface area contributed by atoms with Crippen molar-refractivity contribution in [1.82, 2.24) is 10.9 Å². The molecular weight excluding hydrogens is 354 g/mol. The van der Waals surface area contributed by atoms with Gasteiger partial charge in [-0.05, 0) is 24.3 Å². The number of nitrogens with one attached hydrogen (secondary N) is 2. The van der Waals surface area contributed by atoms with Crippen LogP contribution in [0.25, 0.3) is 0 Å². The summed E-state index contributed by atoms with van der Waals surface area (Å²) >= 11 is 3.24. The van der Waals surface area contributed by atoms with Crippen molar-refractivity contribution >= 4 is 33.4 Å². The van der Waals surface area contributed by atoms with Crippen LogP contribution in [0.1, 0.15) is 20.7 Å². The van der Waals surface area contributed by atoms with E-state index >= 15 is 0 Å². The predicted octanol–water partition coefficient (Wildman–Crippen LogP) is 2.43. The third-order valence-corrected chi connectivity index (χ3v) is 3.19. The van der Waals surface area contributed by atoms with Gasteiger partial charge in [-0.15, -0.1) is 0 Å². The molecule has 112 valence electrons. The Labute approximate surface area is 133 Å². The van der Waals surface area contributed by atoms with E-state index in [-0.39, 0.29) is 11.3 Å². The zero-order valence-corrected chi connectivity index (χ0v) is 12.7. The van der Waals surface area contributed by atoms with Crippen LogP contribution in [0.2, 0.25) is 0 Å². The summed E-state index contributed by atoms with van der Waals surface area (Å²) in [6, 6.07) is 11.8. The molecule has 7 nitrogen and oxygen atoms in total. The summed E-state index contributed by atoms with van der Waals surface area (Å²) in [7, 11) is 0. The van der Waals surface area contributed by atoms with E-state index in [0.717, 1.165) is 10.5 Å². The minimum atomic E-state index is -0.646. The summed E-state index contributed by atoms with van der Waals surface area (Å²) in [5.41, 5.74) is 4.68. The summed E-state index contributed by atoms with van der Waals surface area (Å²) in [6.45, 7) is 0.